The molecule has 1 aromatic rings. The largest absolute Gasteiger partial charge is 0.318 e. The van der Waals surface area contributed by atoms with E-state index < -0.39 is 0 Å². The van der Waals surface area contributed by atoms with Gasteiger partial charge < -0.3 is 9.44 Å². The van der Waals surface area contributed by atoms with Gasteiger partial charge in [-0.2, -0.15) is 0 Å². The molecule has 1 aromatic heterocycles. The van der Waals surface area contributed by atoms with Gasteiger partial charge in [0.15, 0.2) is 8.68 Å². The van der Waals surface area contributed by atoms with E-state index in [0.717, 1.165) is 18.7 Å². The molecule has 2 rings (SSSR count). The molecule has 0 atom stereocenters. The van der Waals surface area contributed by atoms with Gasteiger partial charge in [-0.05, 0) is 0 Å². The van der Waals surface area contributed by atoms with Crippen molar-refractivity contribution in [2.75, 3.05) is 0 Å². The van der Waals surface area contributed by atoms with E-state index in [4.69, 9.17) is 0 Å². The minimum absolute atomic E-state index is 0.826. The van der Waals surface area contributed by atoms with E-state index in [0.29, 0.717) is 0 Å². The maximum atomic E-state index is 3.99. The molecule has 74 valence electrons. The van der Waals surface area contributed by atoms with Crippen LogP contribution in [0.15, 0.2) is 31.9 Å². The zero-order valence-corrected chi connectivity index (χ0v) is 10.2. The summed E-state index contributed by atoms with van der Waals surface area (Å²) in [6.07, 6.45) is 0. The van der Waals surface area contributed by atoms with Gasteiger partial charge in [0.05, 0.1) is 10.1 Å². The highest BCUT2D eigenvalue weighted by Crippen LogP contribution is 2.32. The minimum atomic E-state index is 0.826. The molecular weight excluding hydrogens is 256 g/mol. The Morgan fingerprint density at radius 1 is 0.929 bits per heavy atom. The van der Waals surface area contributed by atoms with Crippen molar-refractivity contribution >= 4 is 47.0 Å². The average molecular weight is 262 g/mol. The Morgan fingerprint density at radius 3 is 1.93 bits per heavy atom. The highest BCUT2D eigenvalue weighted by molar-refractivity contribution is 8.09. The summed E-state index contributed by atoms with van der Waals surface area (Å²) in [6, 6.07) is 0. The quantitative estimate of drug-likeness (QED) is 0.696. The Balaban J connectivity index is 2.17. The summed E-state index contributed by atoms with van der Waals surface area (Å²) in [7, 11) is 0. The predicted octanol–water partition coefficient (Wildman–Crippen LogP) is 2.42. The van der Waals surface area contributed by atoms with Crippen molar-refractivity contribution in [1.82, 2.24) is 19.6 Å². The van der Waals surface area contributed by atoms with Crippen LogP contribution in [-0.4, -0.2) is 10.2 Å². The molecule has 1 aliphatic rings. The SMILES string of the molecule is C=C1NSc2nnc(s2)SNC(=C)S1. The Hall–Kier alpha value is -0.310. The molecule has 8 heteroatoms. The monoisotopic (exact) mass is 262 g/mol. The lowest BCUT2D eigenvalue weighted by atomic mass is 11.1. The van der Waals surface area contributed by atoms with Crippen LogP contribution in [0, 0.1) is 0 Å². The maximum absolute atomic E-state index is 3.99. The van der Waals surface area contributed by atoms with E-state index >= 15 is 0 Å². The molecule has 0 aliphatic carbocycles. The molecule has 0 radical (unpaired) electrons. The Kier molecular flexibility index (Phi) is 3.26. The summed E-state index contributed by atoms with van der Waals surface area (Å²) >= 11 is 5.82. The normalized spacial score (nSPS) is 17.1. The van der Waals surface area contributed by atoms with Crippen LogP contribution in [0.2, 0.25) is 0 Å². The lowest BCUT2D eigenvalue weighted by Gasteiger charge is -2.09. The van der Waals surface area contributed by atoms with Crippen LogP contribution in [0.5, 0.6) is 0 Å². The van der Waals surface area contributed by atoms with Gasteiger partial charge in [0.2, 0.25) is 0 Å². The van der Waals surface area contributed by atoms with Crippen LogP contribution in [0.1, 0.15) is 0 Å². The zero-order valence-electron chi connectivity index (χ0n) is 6.94. The highest BCUT2D eigenvalue weighted by Gasteiger charge is 2.10. The van der Waals surface area contributed by atoms with Gasteiger partial charge in [-0.25, -0.2) is 0 Å². The van der Waals surface area contributed by atoms with E-state index in [1.165, 1.54) is 47.0 Å². The second-order valence-corrected chi connectivity index (χ2v) is 6.46. The topological polar surface area (TPSA) is 49.8 Å². The number of rotatable bonds is 0. The number of nitrogens with one attached hydrogen (secondary N) is 2. The van der Waals surface area contributed by atoms with Crippen molar-refractivity contribution < 1.29 is 0 Å². The van der Waals surface area contributed by atoms with Crippen LogP contribution in [0.3, 0.4) is 0 Å². The van der Waals surface area contributed by atoms with Gasteiger partial charge in [0, 0.05) is 23.9 Å². The number of fused-ring (bicyclic) bond motifs is 2. The molecule has 0 fully saturated rings. The smallest absolute Gasteiger partial charge is 0.195 e. The molecule has 4 nitrogen and oxygen atoms in total. The Morgan fingerprint density at radius 2 is 1.43 bits per heavy atom. The fourth-order valence-electron chi connectivity index (χ4n) is 0.671. The number of thioether (sulfide) groups is 1. The third-order valence-corrected chi connectivity index (χ3v) is 4.82. The molecule has 0 unspecified atom stereocenters. The number of nitrogens with zero attached hydrogens (tertiary/aromatic N) is 2. The molecule has 0 spiro atoms. The van der Waals surface area contributed by atoms with Gasteiger partial charge in [0.1, 0.15) is 0 Å². The summed E-state index contributed by atoms with van der Waals surface area (Å²) in [6.45, 7) is 7.68. The van der Waals surface area contributed by atoms with Crippen molar-refractivity contribution in [3.05, 3.63) is 23.2 Å². The van der Waals surface area contributed by atoms with Gasteiger partial charge in [0.25, 0.3) is 0 Å². The molecule has 14 heavy (non-hydrogen) atoms. The Labute approximate surface area is 98.3 Å². The molecule has 0 aromatic carbocycles. The first-order valence-corrected chi connectivity index (χ1v) is 6.75. The van der Waals surface area contributed by atoms with Gasteiger partial charge in [-0.3, -0.25) is 0 Å². The molecule has 0 saturated heterocycles. The first-order chi connectivity index (χ1) is 6.74. The van der Waals surface area contributed by atoms with Crippen LogP contribution in [0.25, 0.3) is 0 Å². The molecule has 2 N–H and O–H groups in total. The number of hydrogen-bond acceptors (Lipinski definition) is 8. The van der Waals surface area contributed by atoms with Crippen LogP contribution >= 0.6 is 47.0 Å². The third-order valence-electron chi connectivity index (χ3n) is 1.14. The fraction of sp³-hybridized carbons (Fsp3) is 0. The first kappa shape index (κ1) is 10.2. The van der Waals surface area contributed by atoms with E-state index in [9.17, 15) is 0 Å². The summed E-state index contributed by atoms with van der Waals surface area (Å²) in [4.78, 5) is 0. The van der Waals surface area contributed by atoms with Crippen molar-refractivity contribution in [1.29, 1.82) is 0 Å². The van der Waals surface area contributed by atoms with Crippen LogP contribution < -0.4 is 9.44 Å². The van der Waals surface area contributed by atoms with Gasteiger partial charge in [-0.15, -0.1) is 10.2 Å². The lowest BCUT2D eigenvalue weighted by molar-refractivity contribution is 0.952. The number of hydrogen-bond donors (Lipinski definition) is 2. The van der Waals surface area contributed by atoms with Crippen molar-refractivity contribution in [3.63, 3.8) is 0 Å². The highest BCUT2D eigenvalue weighted by atomic mass is 32.2. The second-order valence-electron chi connectivity index (χ2n) is 2.19. The minimum Gasteiger partial charge on any atom is -0.318 e. The average Bonchev–Trinajstić information content (AvgIpc) is 2.58. The van der Waals surface area contributed by atoms with Crippen LogP contribution in [0.4, 0.5) is 0 Å². The van der Waals surface area contributed by atoms with Crippen molar-refractivity contribution in [3.8, 4) is 0 Å². The van der Waals surface area contributed by atoms with Crippen molar-refractivity contribution in [2.45, 2.75) is 8.68 Å². The molecule has 1 aliphatic heterocycles. The zero-order chi connectivity index (χ0) is 9.97. The summed E-state index contributed by atoms with van der Waals surface area (Å²) < 4.78 is 7.88. The maximum Gasteiger partial charge on any atom is 0.195 e. The van der Waals surface area contributed by atoms with Gasteiger partial charge >= 0.3 is 0 Å². The molecule has 2 heterocycles. The predicted molar refractivity (Wildman–Crippen MR) is 63.8 cm³/mol. The van der Waals surface area contributed by atoms with E-state index in [-0.39, 0.29) is 0 Å². The van der Waals surface area contributed by atoms with E-state index in [2.05, 4.69) is 32.8 Å². The first-order valence-electron chi connectivity index (χ1n) is 3.49. The molecule has 0 amide bonds. The van der Waals surface area contributed by atoms with Crippen LogP contribution in [-0.2, 0) is 0 Å². The lowest BCUT2D eigenvalue weighted by Crippen LogP contribution is -2.03. The summed E-state index contributed by atoms with van der Waals surface area (Å²) in [5.41, 5.74) is 0. The molecule has 2 bridgehead atoms. The van der Waals surface area contributed by atoms with E-state index in [1.54, 1.807) is 0 Å². The second kappa shape index (κ2) is 4.47. The number of aromatic nitrogens is 2. The molecular formula is C6H6N4S4. The molecule has 0 saturated carbocycles. The van der Waals surface area contributed by atoms with Gasteiger partial charge in [-0.1, -0.05) is 36.3 Å². The summed E-state index contributed by atoms with van der Waals surface area (Å²) in [5.74, 6) is 0. The third kappa shape index (κ3) is 2.59. The standard InChI is InChI=1S/C6H6N4S4/c1-3-9-13-5-7-8-6(12-5)14-10-4(2)11-3/h9-10H,1-2H2. The van der Waals surface area contributed by atoms with E-state index in [1.807, 2.05) is 0 Å². The Bertz CT molecular complexity index is 341. The summed E-state index contributed by atoms with van der Waals surface area (Å²) in [5, 5.41) is 9.63. The van der Waals surface area contributed by atoms with Crippen molar-refractivity contribution in [2.24, 2.45) is 0 Å². The fourth-order valence-corrected chi connectivity index (χ4v) is 3.65.